The molecule has 17 heavy (non-hydrogen) atoms. The van der Waals surface area contributed by atoms with Gasteiger partial charge in [-0.05, 0) is 58.2 Å². The standard InChI is InChI=1S/C15H32N2/c1-13(2)11-16-10-9-14(3)17(4)12-15-7-5-6-8-15/h13-16H,5-12H2,1-4H3. The van der Waals surface area contributed by atoms with Crippen molar-refractivity contribution in [1.29, 1.82) is 0 Å². The maximum absolute atomic E-state index is 3.54. The first kappa shape index (κ1) is 15.0. The molecule has 0 amide bonds. The highest BCUT2D eigenvalue weighted by molar-refractivity contribution is 4.73. The minimum absolute atomic E-state index is 0.718. The molecule has 0 heterocycles. The Morgan fingerprint density at radius 1 is 1.18 bits per heavy atom. The van der Waals surface area contributed by atoms with Crippen LogP contribution < -0.4 is 5.32 Å². The Labute approximate surface area is 108 Å². The molecule has 0 spiro atoms. The quantitative estimate of drug-likeness (QED) is 0.656. The summed E-state index contributed by atoms with van der Waals surface area (Å²) in [5.41, 5.74) is 0. The zero-order valence-corrected chi connectivity index (χ0v) is 12.3. The third-order valence-electron chi connectivity index (χ3n) is 4.06. The summed E-state index contributed by atoms with van der Waals surface area (Å²) < 4.78 is 0. The molecule has 0 aromatic carbocycles. The Morgan fingerprint density at radius 3 is 2.41 bits per heavy atom. The lowest BCUT2D eigenvalue weighted by Crippen LogP contribution is -2.35. The molecule has 0 aliphatic heterocycles. The number of rotatable bonds is 8. The minimum Gasteiger partial charge on any atom is -0.316 e. The second kappa shape index (κ2) is 8.10. The van der Waals surface area contributed by atoms with Crippen molar-refractivity contribution in [3.05, 3.63) is 0 Å². The summed E-state index contributed by atoms with van der Waals surface area (Å²) in [7, 11) is 2.30. The summed E-state index contributed by atoms with van der Waals surface area (Å²) in [6, 6.07) is 0.718. The van der Waals surface area contributed by atoms with Crippen LogP contribution in [0.15, 0.2) is 0 Å². The van der Waals surface area contributed by atoms with E-state index in [4.69, 9.17) is 0 Å². The summed E-state index contributed by atoms with van der Waals surface area (Å²) in [5.74, 6) is 1.74. The summed E-state index contributed by atoms with van der Waals surface area (Å²) >= 11 is 0. The van der Waals surface area contributed by atoms with Crippen LogP contribution in [0.25, 0.3) is 0 Å². The van der Waals surface area contributed by atoms with Gasteiger partial charge in [0.05, 0.1) is 0 Å². The normalized spacial score (nSPS) is 19.4. The minimum atomic E-state index is 0.718. The summed E-state index contributed by atoms with van der Waals surface area (Å²) in [6.07, 6.45) is 7.12. The fourth-order valence-electron chi connectivity index (χ4n) is 2.70. The van der Waals surface area contributed by atoms with Gasteiger partial charge in [0.2, 0.25) is 0 Å². The largest absolute Gasteiger partial charge is 0.316 e. The second-order valence-electron chi connectivity index (χ2n) is 6.33. The van der Waals surface area contributed by atoms with E-state index in [1.165, 1.54) is 38.6 Å². The Balaban J connectivity index is 2.06. The van der Waals surface area contributed by atoms with Crippen LogP contribution in [-0.2, 0) is 0 Å². The Kier molecular flexibility index (Phi) is 7.14. The van der Waals surface area contributed by atoms with E-state index < -0.39 is 0 Å². The molecular weight excluding hydrogens is 208 g/mol. The van der Waals surface area contributed by atoms with Crippen LogP contribution in [0.4, 0.5) is 0 Å². The van der Waals surface area contributed by atoms with Gasteiger partial charge in [-0.25, -0.2) is 0 Å². The molecule has 2 heteroatoms. The molecule has 1 rings (SSSR count). The summed E-state index contributed by atoms with van der Waals surface area (Å²) in [6.45, 7) is 10.5. The Hall–Kier alpha value is -0.0800. The highest BCUT2D eigenvalue weighted by Gasteiger charge is 2.18. The van der Waals surface area contributed by atoms with Gasteiger partial charge in [0, 0.05) is 12.6 Å². The molecule has 0 aromatic heterocycles. The molecule has 1 fully saturated rings. The van der Waals surface area contributed by atoms with Gasteiger partial charge in [-0.15, -0.1) is 0 Å². The monoisotopic (exact) mass is 240 g/mol. The number of hydrogen-bond donors (Lipinski definition) is 1. The third-order valence-corrected chi connectivity index (χ3v) is 4.06. The van der Waals surface area contributed by atoms with Crippen molar-refractivity contribution in [3.63, 3.8) is 0 Å². The second-order valence-corrected chi connectivity index (χ2v) is 6.33. The SMILES string of the molecule is CC(C)CNCCC(C)N(C)CC1CCCC1. The van der Waals surface area contributed by atoms with Crippen LogP contribution in [0.5, 0.6) is 0 Å². The lowest BCUT2D eigenvalue weighted by Gasteiger charge is -2.27. The van der Waals surface area contributed by atoms with Gasteiger partial charge in [-0.3, -0.25) is 0 Å². The predicted octanol–water partition coefficient (Wildman–Crippen LogP) is 3.13. The fraction of sp³-hybridized carbons (Fsp3) is 1.00. The van der Waals surface area contributed by atoms with Crippen molar-refractivity contribution < 1.29 is 0 Å². The smallest absolute Gasteiger partial charge is 0.00760 e. The van der Waals surface area contributed by atoms with E-state index in [9.17, 15) is 0 Å². The number of hydrogen-bond acceptors (Lipinski definition) is 2. The lowest BCUT2D eigenvalue weighted by atomic mass is 10.1. The maximum atomic E-state index is 3.54. The van der Waals surface area contributed by atoms with Crippen molar-refractivity contribution in [2.24, 2.45) is 11.8 Å². The molecule has 1 saturated carbocycles. The molecule has 0 radical (unpaired) electrons. The van der Waals surface area contributed by atoms with Crippen molar-refractivity contribution in [1.82, 2.24) is 10.2 Å². The maximum Gasteiger partial charge on any atom is 0.00760 e. The molecule has 1 N–H and O–H groups in total. The van der Waals surface area contributed by atoms with Crippen LogP contribution in [-0.4, -0.2) is 37.6 Å². The van der Waals surface area contributed by atoms with E-state index in [2.05, 4.69) is 38.0 Å². The highest BCUT2D eigenvalue weighted by atomic mass is 15.1. The van der Waals surface area contributed by atoms with Gasteiger partial charge in [0.15, 0.2) is 0 Å². The van der Waals surface area contributed by atoms with Crippen LogP contribution in [0.2, 0.25) is 0 Å². The van der Waals surface area contributed by atoms with E-state index in [0.29, 0.717) is 0 Å². The lowest BCUT2D eigenvalue weighted by molar-refractivity contribution is 0.209. The molecule has 0 bridgehead atoms. The molecular formula is C15H32N2. The molecule has 1 atom stereocenters. The van der Waals surface area contributed by atoms with E-state index in [0.717, 1.165) is 31.0 Å². The molecule has 0 aromatic rings. The van der Waals surface area contributed by atoms with Crippen LogP contribution >= 0.6 is 0 Å². The van der Waals surface area contributed by atoms with Crippen molar-refractivity contribution in [3.8, 4) is 0 Å². The zero-order chi connectivity index (χ0) is 12.7. The van der Waals surface area contributed by atoms with Crippen molar-refractivity contribution in [2.45, 2.75) is 58.9 Å². The molecule has 2 nitrogen and oxygen atoms in total. The Morgan fingerprint density at radius 2 is 1.82 bits per heavy atom. The first-order valence-corrected chi connectivity index (χ1v) is 7.50. The van der Waals surface area contributed by atoms with Gasteiger partial charge in [-0.2, -0.15) is 0 Å². The third kappa shape index (κ3) is 6.42. The van der Waals surface area contributed by atoms with Crippen LogP contribution in [0.1, 0.15) is 52.9 Å². The Bertz CT molecular complexity index is 185. The van der Waals surface area contributed by atoms with E-state index in [-0.39, 0.29) is 0 Å². The van der Waals surface area contributed by atoms with Crippen LogP contribution in [0.3, 0.4) is 0 Å². The molecule has 1 aliphatic rings. The van der Waals surface area contributed by atoms with Gasteiger partial charge >= 0.3 is 0 Å². The summed E-state index contributed by atoms with van der Waals surface area (Å²) in [5, 5.41) is 3.54. The van der Waals surface area contributed by atoms with Crippen molar-refractivity contribution in [2.75, 3.05) is 26.7 Å². The number of nitrogens with one attached hydrogen (secondary N) is 1. The number of nitrogens with zero attached hydrogens (tertiary/aromatic N) is 1. The highest BCUT2D eigenvalue weighted by Crippen LogP contribution is 2.25. The first-order valence-electron chi connectivity index (χ1n) is 7.50. The predicted molar refractivity (Wildman–Crippen MR) is 76.4 cm³/mol. The zero-order valence-electron chi connectivity index (χ0n) is 12.3. The average molecular weight is 240 g/mol. The molecule has 1 aliphatic carbocycles. The topological polar surface area (TPSA) is 15.3 Å². The fourth-order valence-corrected chi connectivity index (χ4v) is 2.70. The van der Waals surface area contributed by atoms with Crippen molar-refractivity contribution >= 4 is 0 Å². The van der Waals surface area contributed by atoms with Gasteiger partial charge in [0.1, 0.15) is 0 Å². The van der Waals surface area contributed by atoms with E-state index in [1.807, 2.05) is 0 Å². The van der Waals surface area contributed by atoms with Gasteiger partial charge in [-0.1, -0.05) is 26.7 Å². The van der Waals surface area contributed by atoms with E-state index in [1.54, 1.807) is 0 Å². The average Bonchev–Trinajstić information content (AvgIpc) is 2.76. The summed E-state index contributed by atoms with van der Waals surface area (Å²) in [4.78, 5) is 2.56. The first-order chi connectivity index (χ1) is 8.09. The molecule has 0 saturated heterocycles. The van der Waals surface area contributed by atoms with E-state index >= 15 is 0 Å². The van der Waals surface area contributed by atoms with Gasteiger partial charge < -0.3 is 10.2 Å². The molecule has 1 unspecified atom stereocenters. The molecule has 102 valence electrons. The van der Waals surface area contributed by atoms with Gasteiger partial charge in [0.25, 0.3) is 0 Å². The van der Waals surface area contributed by atoms with Crippen LogP contribution in [0, 0.1) is 11.8 Å².